The zero-order valence-corrected chi connectivity index (χ0v) is 16.6. The summed E-state index contributed by atoms with van der Waals surface area (Å²) in [5, 5.41) is 8.82. The van der Waals surface area contributed by atoms with Gasteiger partial charge in [0, 0.05) is 17.8 Å². The summed E-state index contributed by atoms with van der Waals surface area (Å²) in [7, 11) is 0. The fourth-order valence-corrected chi connectivity index (χ4v) is 2.18. The van der Waals surface area contributed by atoms with Crippen molar-refractivity contribution in [2.24, 2.45) is 11.0 Å². The van der Waals surface area contributed by atoms with Crippen LogP contribution in [0.4, 0.5) is 10.1 Å². The Morgan fingerprint density at radius 2 is 1.77 bits per heavy atom. The van der Waals surface area contributed by atoms with Gasteiger partial charge in [0.25, 0.3) is 5.91 Å². The molecule has 0 fully saturated rings. The van der Waals surface area contributed by atoms with Gasteiger partial charge in [-0.3, -0.25) is 14.4 Å². The minimum absolute atomic E-state index is 0.217. The molecule has 0 saturated carbocycles. The summed E-state index contributed by atoms with van der Waals surface area (Å²) < 4.78 is 18.4. The van der Waals surface area contributed by atoms with E-state index in [1.54, 1.807) is 24.3 Å². The van der Waals surface area contributed by atoms with Crippen LogP contribution in [-0.2, 0) is 14.4 Å². The Balaban J connectivity index is 1.88. The first-order valence-corrected chi connectivity index (χ1v) is 9.23. The third-order valence-corrected chi connectivity index (χ3v) is 3.65. The maximum absolute atomic E-state index is 12.9. The fraction of sp³-hybridized carbons (Fsp3) is 0.238. The molecule has 0 aromatic heterocycles. The van der Waals surface area contributed by atoms with Gasteiger partial charge < -0.3 is 15.4 Å². The molecule has 3 N–H and O–H groups in total. The Hall–Kier alpha value is -3.75. The Bertz CT molecular complexity index is 913. The van der Waals surface area contributed by atoms with Crippen LogP contribution in [0.3, 0.4) is 0 Å². The lowest BCUT2D eigenvalue weighted by Gasteiger charge is -2.09. The van der Waals surface area contributed by atoms with Crippen LogP contribution in [0.1, 0.15) is 19.4 Å². The van der Waals surface area contributed by atoms with Gasteiger partial charge in [0.05, 0.1) is 6.21 Å². The number of hydrazone groups is 1. The Labute approximate surface area is 173 Å². The number of hydrogen-bond acceptors (Lipinski definition) is 5. The first-order valence-electron chi connectivity index (χ1n) is 9.23. The van der Waals surface area contributed by atoms with Crippen LogP contribution in [-0.4, -0.2) is 37.1 Å². The predicted octanol–water partition coefficient (Wildman–Crippen LogP) is 2.07. The normalized spacial score (nSPS) is 10.7. The van der Waals surface area contributed by atoms with E-state index in [-0.39, 0.29) is 12.5 Å². The lowest BCUT2D eigenvalue weighted by atomic mass is 10.2. The zero-order chi connectivity index (χ0) is 21.9. The minimum Gasteiger partial charge on any atom is -0.483 e. The van der Waals surface area contributed by atoms with Crippen LogP contribution in [0.15, 0.2) is 53.6 Å². The van der Waals surface area contributed by atoms with Crippen molar-refractivity contribution in [1.29, 1.82) is 0 Å². The van der Waals surface area contributed by atoms with Gasteiger partial charge in [-0.25, -0.2) is 9.82 Å². The minimum atomic E-state index is -0.885. The zero-order valence-electron chi connectivity index (χ0n) is 16.6. The van der Waals surface area contributed by atoms with Gasteiger partial charge in [0.1, 0.15) is 11.6 Å². The van der Waals surface area contributed by atoms with Crippen LogP contribution in [0, 0.1) is 11.7 Å². The smallest absolute Gasteiger partial charge is 0.329 e. The Kier molecular flexibility index (Phi) is 8.49. The molecule has 0 atom stereocenters. The van der Waals surface area contributed by atoms with Crippen molar-refractivity contribution in [1.82, 2.24) is 10.7 Å². The maximum Gasteiger partial charge on any atom is 0.329 e. The van der Waals surface area contributed by atoms with Crippen LogP contribution in [0.5, 0.6) is 5.75 Å². The van der Waals surface area contributed by atoms with E-state index in [0.717, 1.165) is 0 Å². The summed E-state index contributed by atoms with van der Waals surface area (Å²) in [6.45, 7) is 3.92. The first-order chi connectivity index (χ1) is 14.3. The molecule has 0 radical (unpaired) electrons. The van der Waals surface area contributed by atoms with Gasteiger partial charge in [-0.1, -0.05) is 26.0 Å². The van der Waals surface area contributed by atoms with E-state index < -0.39 is 23.5 Å². The van der Waals surface area contributed by atoms with Crippen LogP contribution in [0.25, 0.3) is 0 Å². The highest BCUT2D eigenvalue weighted by Crippen LogP contribution is 2.16. The number of anilines is 1. The molecule has 9 heteroatoms. The number of halogens is 1. The second-order valence-corrected chi connectivity index (χ2v) is 6.68. The summed E-state index contributed by atoms with van der Waals surface area (Å²) in [5.41, 5.74) is 3.08. The SMILES string of the molecule is CC(C)CNC(=O)C(=O)N/N=C\c1ccccc1OCC(=O)Nc1ccc(F)cc1. The number of nitrogens with zero attached hydrogens (tertiary/aromatic N) is 1. The number of ether oxygens (including phenoxy) is 1. The molecule has 0 aliphatic carbocycles. The highest BCUT2D eigenvalue weighted by Gasteiger charge is 2.12. The second kappa shape index (κ2) is 11.3. The fourth-order valence-electron chi connectivity index (χ4n) is 2.18. The number of para-hydroxylation sites is 1. The summed E-state index contributed by atoms with van der Waals surface area (Å²) in [4.78, 5) is 35.3. The average Bonchev–Trinajstić information content (AvgIpc) is 2.72. The number of nitrogens with one attached hydrogen (secondary N) is 3. The summed E-state index contributed by atoms with van der Waals surface area (Å²) >= 11 is 0. The molecule has 0 heterocycles. The summed E-state index contributed by atoms with van der Waals surface area (Å²) in [5.74, 6) is -1.92. The Morgan fingerprint density at radius 3 is 2.47 bits per heavy atom. The molecule has 2 rings (SSSR count). The van der Waals surface area contributed by atoms with Gasteiger partial charge in [0.2, 0.25) is 0 Å². The quantitative estimate of drug-likeness (QED) is 0.349. The molecule has 0 spiro atoms. The standard InChI is InChI=1S/C21H23FN4O4/c1-14(2)11-23-20(28)21(29)26-24-12-15-5-3-4-6-18(15)30-13-19(27)25-17-9-7-16(22)8-10-17/h3-10,12,14H,11,13H2,1-2H3,(H,23,28)(H,25,27)(H,26,29)/b24-12-. The predicted molar refractivity (Wildman–Crippen MR) is 111 cm³/mol. The maximum atomic E-state index is 12.9. The molecule has 2 aromatic rings. The van der Waals surface area contributed by atoms with Gasteiger partial charge in [0.15, 0.2) is 6.61 Å². The first kappa shape index (κ1) is 22.5. The van der Waals surface area contributed by atoms with Gasteiger partial charge in [-0.05, 0) is 42.3 Å². The van der Waals surface area contributed by atoms with Crippen molar-refractivity contribution < 1.29 is 23.5 Å². The molecule has 30 heavy (non-hydrogen) atoms. The molecular weight excluding hydrogens is 391 g/mol. The van der Waals surface area contributed by atoms with Crippen molar-refractivity contribution >= 4 is 29.6 Å². The van der Waals surface area contributed by atoms with Crippen molar-refractivity contribution in [3.05, 3.63) is 59.9 Å². The van der Waals surface area contributed by atoms with Crippen molar-refractivity contribution in [3.8, 4) is 5.75 Å². The highest BCUT2D eigenvalue weighted by atomic mass is 19.1. The highest BCUT2D eigenvalue weighted by molar-refractivity contribution is 6.35. The third-order valence-electron chi connectivity index (χ3n) is 3.65. The van der Waals surface area contributed by atoms with Crippen molar-refractivity contribution in [2.45, 2.75) is 13.8 Å². The summed E-state index contributed by atoms with van der Waals surface area (Å²) in [6, 6.07) is 12.1. The van der Waals surface area contributed by atoms with Gasteiger partial charge in [-0.15, -0.1) is 0 Å². The second-order valence-electron chi connectivity index (χ2n) is 6.68. The molecule has 2 aromatic carbocycles. The largest absolute Gasteiger partial charge is 0.483 e. The molecule has 0 aliphatic rings. The Morgan fingerprint density at radius 1 is 1.07 bits per heavy atom. The monoisotopic (exact) mass is 414 g/mol. The lowest BCUT2D eigenvalue weighted by molar-refractivity contribution is -0.139. The number of amides is 3. The summed E-state index contributed by atoms with van der Waals surface area (Å²) in [6.07, 6.45) is 1.31. The average molecular weight is 414 g/mol. The van der Waals surface area contributed by atoms with E-state index in [4.69, 9.17) is 4.74 Å². The van der Waals surface area contributed by atoms with E-state index >= 15 is 0 Å². The molecule has 8 nitrogen and oxygen atoms in total. The number of benzene rings is 2. The van der Waals surface area contributed by atoms with E-state index in [2.05, 4.69) is 21.2 Å². The number of rotatable bonds is 8. The third kappa shape index (κ3) is 7.70. The van der Waals surface area contributed by atoms with Gasteiger partial charge in [-0.2, -0.15) is 5.10 Å². The van der Waals surface area contributed by atoms with Crippen LogP contribution >= 0.6 is 0 Å². The molecular formula is C21H23FN4O4. The topological polar surface area (TPSA) is 109 Å². The van der Waals surface area contributed by atoms with Crippen molar-refractivity contribution in [2.75, 3.05) is 18.5 Å². The van der Waals surface area contributed by atoms with E-state index in [0.29, 0.717) is 23.5 Å². The number of carbonyl (C=O) groups is 3. The number of hydrogen-bond donors (Lipinski definition) is 3. The molecule has 0 saturated heterocycles. The van der Waals surface area contributed by atoms with Crippen molar-refractivity contribution in [3.63, 3.8) is 0 Å². The molecule has 158 valence electrons. The van der Waals surface area contributed by atoms with Crippen LogP contribution < -0.4 is 20.8 Å². The number of carbonyl (C=O) groups excluding carboxylic acids is 3. The van der Waals surface area contributed by atoms with E-state index in [9.17, 15) is 18.8 Å². The molecule has 0 aliphatic heterocycles. The molecule has 3 amide bonds. The van der Waals surface area contributed by atoms with Crippen LogP contribution in [0.2, 0.25) is 0 Å². The van der Waals surface area contributed by atoms with Gasteiger partial charge >= 0.3 is 11.8 Å². The molecule has 0 unspecified atom stereocenters. The van der Waals surface area contributed by atoms with E-state index in [1.807, 2.05) is 13.8 Å². The lowest BCUT2D eigenvalue weighted by Crippen LogP contribution is -2.39. The van der Waals surface area contributed by atoms with E-state index in [1.165, 1.54) is 30.5 Å². The molecule has 0 bridgehead atoms.